The van der Waals surface area contributed by atoms with Gasteiger partial charge < -0.3 is 10.5 Å². The van der Waals surface area contributed by atoms with Gasteiger partial charge in [0, 0.05) is 5.92 Å². The van der Waals surface area contributed by atoms with E-state index < -0.39 is 5.54 Å². The van der Waals surface area contributed by atoms with Crippen molar-refractivity contribution in [3.8, 4) is 5.75 Å². The molecule has 2 N–H and O–H groups in total. The van der Waals surface area contributed by atoms with Gasteiger partial charge >= 0.3 is 5.97 Å². The molecule has 2 unspecified atom stereocenters. The van der Waals surface area contributed by atoms with Crippen molar-refractivity contribution in [2.45, 2.75) is 39.2 Å². The molecule has 2 aromatic carbocycles. The first-order valence-corrected chi connectivity index (χ1v) is 8.48. The van der Waals surface area contributed by atoms with Crippen LogP contribution in [0.3, 0.4) is 0 Å². The average molecular weight is 325 g/mol. The van der Waals surface area contributed by atoms with E-state index in [1.807, 2.05) is 62.4 Å². The number of hydrogen-bond acceptors (Lipinski definition) is 3. The fraction of sp³-hybridized carbons (Fsp3) is 0.381. The molecule has 0 aliphatic heterocycles. The lowest BCUT2D eigenvalue weighted by Gasteiger charge is -2.41. The van der Waals surface area contributed by atoms with Crippen molar-refractivity contribution in [2.24, 2.45) is 17.6 Å². The summed E-state index contributed by atoms with van der Waals surface area (Å²) in [5, 5.41) is 0. The molecule has 128 valence electrons. The Morgan fingerprint density at radius 3 is 1.88 bits per heavy atom. The summed E-state index contributed by atoms with van der Waals surface area (Å²) in [6.07, 6.45) is 0. The summed E-state index contributed by atoms with van der Waals surface area (Å²) in [6, 6.07) is 19.1. The number of carbonyl (C=O) groups excluding carboxylic acids is 1. The zero-order valence-corrected chi connectivity index (χ0v) is 14.9. The molecule has 2 rings (SSSR count). The van der Waals surface area contributed by atoms with Gasteiger partial charge in [0.15, 0.2) is 0 Å². The summed E-state index contributed by atoms with van der Waals surface area (Å²) < 4.78 is 5.63. The molecular formula is C21H27NO2. The third kappa shape index (κ3) is 3.68. The molecule has 0 aliphatic carbocycles. The summed E-state index contributed by atoms with van der Waals surface area (Å²) in [6.45, 7) is 8.14. The number of para-hydroxylation sites is 1. The summed E-state index contributed by atoms with van der Waals surface area (Å²) >= 11 is 0. The Labute approximate surface area is 144 Å². The van der Waals surface area contributed by atoms with Gasteiger partial charge in [-0.05, 0) is 29.5 Å². The molecule has 2 atom stereocenters. The zero-order valence-electron chi connectivity index (χ0n) is 14.9. The topological polar surface area (TPSA) is 52.3 Å². The van der Waals surface area contributed by atoms with E-state index >= 15 is 0 Å². The maximum Gasteiger partial charge on any atom is 0.332 e. The summed E-state index contributed by atoms with van der Waals surface area (Å²) in [7, 11) is 0. The average Bonchev–Trinajstić information content (AvgIpc) is 2.56. The first kappa shape index (κ1) is 18.2. The van der Waals surface area contributed by atoms with Crippen LogP contribution in [0.1, 0.15) is 39.2 Å². The number of nitrogens with two attached hydrogens (primary N) is 1. The van der Waals surface area contributed by atoms with Crippen LogP contribution < -0.4 is 10.5 Å². The molecule has 0 saturated heterocycles. The standard InChI is InChI=1S/C21H27NO2/c1-15(2)19(17-11-7-5-8-12-17)21(22,16(3)4)20(23)24-18-13-9-6-10-14-18/h5-16,19H,22H2,1-4H3. The fourth-order valence-corrected chi connectivity index (χ4v) is 3.28. The van der Waals surface area contributed by atoms with E-state index in [1.54, 1.807) is 12.1 Å². The van der Waals surface area contributed by atoms with Crippen molar-refractivity contribution >= 4 is 5.97 Å². The Balaban J connectivity index is 2.42. The van der Waals surface area contributed by atoms with Gasteiger partial charge in [-0.15, -0.1) is 0 Å². The predicted molar refractivity (Wildman–Crippen MR) is 97.9 cm³/mol. The number of hydrogen-bond donors (Lipinski definition) is 1. The molecule has 0 amide bonds. The monoisotopic (exact) mass is 325 g/mol. The van der Waals surface area contributed by atoms with E-state index in [2.05, 4.69) is 13.8 Å². The summed E-state index contributed by atoms with van der Waals surface area (Å²) in [5.74, 6) is 0.138. The van der Waals surface area contributed by atoms with Gasteiger partial charge in [0.25, 0.3) is 0 Å². The normalized spacial score (nSPS) is 15.1. The number of ether oxygens (including phenoxy) is 1. The van der Waals surface area contributed by atoms with Crippen LogP contribution in [0.15, 0.2) is 60.7 Å². The number of esters is 1. The highest BCUT2D eigenvalue weighted by Gasteiger charge is 2.48. The van der Waals surface area contributed by atoms with Crippen molar-refractivity contribution in [1.82, 2.24) is 0 Å². The molecule has 2 aromatic rings. The van der Waals surface area contributed by atoms with Crippen LogP contribution in [0, 0.1) is 11.8 Å². The van der Waals surface area contributed by atoms with Crippen molar-refractivity contribution in [2.75, 3.05) is 0 Å². The van der Waals surface area contributed by atoms with Gasteiger partial charge in [-0.25, -0.2) is 4.79 Å². The second-order valence-corrected chi connectivity index (χ2v) is 6.92. The van der Waals surface area contributed by atoms with E-state index in [1.165, 1.54) is 0 Å². The van der Waals surface area contributed by atoms with Crippen LogP contribution in [-0.2, 0) is 4.79 Å². The molecule has 0 saturated carbocycles. The lowest BCUT2D eigenvalue weighted by atomic mass is 9.68. The molecule has 3 heteroatoms. The minimum absolute atomic E-state index is 0.0682. The molecule has 0 spiro atoms. The van der Waals surface area contributed by atoms with Crippen molar-refractivity contribution in [3.05, 3.63) is 66.2 Å². The van der Waals surface area contributed by atoms with Crippen molar-refractivity contribution in [3.63, 3.8) is 0 Å². The maximum atomic E-state index is 13.0. The first-order valence-electron chi connectivity index (χ1n) is 8.48. The summed E-state index contributed by atoms with van der Waals surface area (Å²) in [5.41, 5.74) is 6.69. The van der Waals surface area contributed by atoms with Gasteiger partial charge in [0.05, 0.1) is 0 Å². The second kappa shape index (κ2) is 7.63. The van der Waals surface area contributed by atoms with Crippen LogP contribution in [0.2, 0.25) is 0 Å². The number of carbonyl (C=O) groups is 1. The Hall–Kier alpha value is -2.13. The minimum Gasteiger partial charge on any atom is -0.425 e. The highest BCUT2D eigenvalue weighted by atomic mass is 16.5. The molecule has 24 heavy (non-hydrogen) atoms. The molecule has 0 bridgehead atoms. The predicted octanol–water partition coefficient (Wildman–Crippen LogP) is 4.39. The Morgan fingerprint density at radius 1 is 0.917 bits per heavy atom. The van der Waals surface area contributed by atoms with Crippen LogP contribution in [0.4, 0.5) is 0 Å². The Kier molecular flexibility index (Phi) is 5.79. The molecular weight excluding hydrogens is 298 g/mol. The van der Waals surface area contributed by atoms with Gasteiger partial charge in [-0.1, -0.05) is 76.2 Å². The smallest absolute Gasteiger partial charge is 0.332 e. The second-order valence-electron chi connectivity index (χ2n) is 6.92. The highest BCUT2D eigenvalue weighted by Crippen LogP contribution is 2.39. The van der Waals surface area contributed by atoms with Gasteiger partial charge in [-0.3, -0.25) is 0 Å². The third-order valence-corrected chi connectivity index (χ3v) is 4.60. The lowest BCUT2D eigenvalue weighted by Crippen LogP contribution is -2.60. The van der Waals surface area contributed by atoms with E-state index in [-0.39, 0.29) is 23.7 Å². The number of rotatable bonds is 6. The zero-order chi connectivity index (χ0) is 17.7. The highest BCUT2D eigenvalue weighted by molar-refractivity contribution is 5.84. The van der Waals surface area contributed by atoms with Crippen molar-refractivity contribution in [1.29, 1.82) is 0 Å². The molecule has 3 nitrogen and oxygen atoms in total. The molecule has 0 fully saturated rings. The first-order chi connectivity index (χ1) is 11.4. The maximum absolute atomic E-state index is 13.0. The van der Waals surface area contributed by atoms with E-state index in [9.17, 15) is 4.79 Å². The Bertz CT molecular complexity index is 652. The van der Waals surface area contributed by atoms with Gasteiger partial charge in [0.1, 0.15) is 11.3 Å². The SMILES string of the molecule is CC(C)C(c1ccccc1)C(N)(C(=O)Oc1ccccc1)C(C)C. The molecule has 0 radical (unpaired) electrons. The van der Waals surface area contributed by atoms with E-state index in [4.69, 9.17) is 10.5 Å². The lowest BCUT2D eigenvalue weighted by molar-refractivity contribution is -0.144. The Morgan fingerprint density at radius 2 is 1.42 bits per heavy atom. The van der Waals surface area contributed by atoms with E-state index in [0.29, 0.717) is 5.75 Å². The quantitative estimate of drug-likeness (QED) is 0.633. The molecule has 0 aromatic heterocycles. The van der Waals surface area contributed by atoms with E-state index in [0.717, 1.165) is 5.56 Å². The minimum atomic E-state index is -1.11. The van der Waals surface area contributed by atoms with Crippen LogP contribution in [0.25, 0.3) is 0 Å². The van der Waals surface area contributed by atoms with Gasteiger partial charge in [-0.2, -0.15) is 0 Å². The fourth-order valence-electron chi connectivity index (χ4n) is 3.28. The van der Waals surface area contributed by atoms with Crippen molar-refractivity contribution < 1.29 is 9.53 Å². The van der Waals surface area contributed by atoms with Crippen LogP contribution in [0.5, 0.6) is 5.75 Å². The largest absolute Gasteiger partial charge is 0.425 e. The van der Waals surface area contributed by atoms with Crippen LogP contribution >= 0.6 is 0 Å². The number of benzene rings is 2. The third-order valence-electron chi connectivity index (χ3n) is 4.60. The molecule has 0 aliphatic rings. The summed E-state index contributed by atoms with van der Waals surface area (Å²) in [4.78, 5) is 13.0. The molecule has 0 heterocycles. The van der Waals surface area contributed by atoms with Gasteiger partial charge in [0.2, 0.25) is 0 Å². The van der Waals surface area contributed by atoms with Crippen LogP contribution in [-0.4, -0.2) is 11.5 Å².